The van der Waals surface area contributed by atoms with Crippen molar-refractivity contribution < 1.29 is 4.79 Å². The second-order valence-corrected chi connectivity index (χ2v) is 4.74. The Kier molecular flexibility index (Phi) is 3.28. The van der Waals surface area contributed by atoms with Crippen molar-refractivity contribution in [2.24, 2.45) is 17.4 Å². The van der Waals surface area contributed by atoms with E-state index < -0.39 is 5.91 Å². The molecule has 0 saturated carbocycles. The number of aromatic nitrogens is 1. The molecule has 2 atom stereocenters. The van der Waals surface area contributed by atoms with Crippen LogP contribution < -0.4 is 16.4 Å². The average Bonchev–Trinajstić information content (AvgIpc) is 2.27. The molecule has 2 rings (SSSR count). The standard InChI is InChI=1S/C12H18N4O/c1-8-5-9(13)7-16(6-8)12-10(11(14)17)3-2-4-15-12/h2-4,8-9H,5-7,13H2,1H3,(H2,14,17). The molecule has 2 unspecified atom stereocenters. The molecule has 1 aliphatic rings. The molecule has 1 fully saturated rings. The number of carbonyl (C=O) groups is 1. The third-order valence-corrected chi connectivity index (χ3v) is 3.04. The van der Waals surface area contributed by atoms with Crippen LogP contribution in [0.2, 0.25) is 0 Å². The second kappa shape index (κ2) is 4.71. The molecule has 1 aliphatic heterocycles. The maximum atomic E-state index is 11.4. The van der Waals surface area contributed by atoms with Crippen molar-refractivity contribution in [2.75, 3.05) is 18.0 Å². The van der Waals surface area contributed by atoms with E-state index in [2.05, 4.69) is 16.8 Å². The zero-order valence-corrected chi connectivity index (χ0v) is 9.97. The van der Waals surface area contributed by atoms with Crippen molar-refractivity contribution in [3.05, 3.63) is 23.9 Å². The number of hydrogen-bond donors (Lipinski definition) is 2. The molecule has 1 aromatic rings. The van der Waals surface area contributed by atoms with Crippen LogP contribution in [0.3, 0.4) is 0 Å². The van der Waals surface area contributed by atoms with Crippen molar-refractivity contribution in [1.29, 1.82) is 0 Å². The molecule has 1 aromatic heterocycles. The average molecular weight is 234 g/mol. The number of hydrogen-bond acceptors (Lipinski definition) is 4. The normalized spacial score (nSPS) is 24.7. The van der Waals surface area contributed by atoms with Crippen LogP contribution >= 0.6 is 0 Å². The van der Waals surface area contributed by atoms with E-state index in [9.17, 15) is 4.79 Å². The highest BCUT2D eigenvalue weighted by Crippen LogP contribution is 2.23. The molecule has 1 amide bonds. The first-order chi connectivity index (χ1) is 8.08. The Morgan fingerprint density at radius 2 is 2.29 bits per heavy atom. The fourth-order valence-corrected chi connectivity index (χ4v) is 2.41. The first kappa shape index (κ1) is 11.9. The quantitative estimate of drug-likeness (QED) is 0.773. The highest BCUT2D eigenvalue weighted by Gasteiger charge is 2.25. The predicted molar refractivity (Wildman–Crippen MR) is 66.7 cm³/mol. The molecule has 1 saturated heterocycles. The van der Waals surface area contributed by atoms with E-state index in [0.29, 0.717) is 17.3 Å². The number of nitrogens with two attached hydrogens (primary N) is 2. The van der Waals surface area contributed by atoms with Crippen LogP contribution in [0.4, 0.5) is 5.82 Å². The molecule has 5 nitrogen and oxygen atoms in total. The Hall–Kier alpha value is -1.62. The van der Waals surface area contributed by atoms with E-state index in [-0.39, 0.29) is 6.04 Å². The summed E-state index contributed by atoms with van der Waals surface area (Å²) in [5, 5.41) is 0. The Morgan fingerprint density at radius 3 is 2.94 bits per heavy atom. The lowest BCUT2D eigenvalue weighted by Gasteiger charge is -2.36. The predicted octanol–water partition coefficient (Wildman–Crippen LogP) is 0.354. The van der Waals surface area contributed by atoms with Crippen molar-refractivity contribution in [3.63, 3.8) is 0 Å². The lowest BCUT2D eigenvalue weighted by Crippen LogP contribution is -2.47. The van der Waals surface area contributed by atoms with Gasteiger partial charge >= 0.3 is 0 Å². The number of primary amides is 1. The van der Waals surface area contributed by atoms with Crippen molar-refractivity contribution in [2.45, 2.75) is 19.4 Å². The van der Waals surface area contributed by atoms with E-state index in [1.165, 1.54) is 0 Å². The fourth-order valence-electron chi connectivity index (χ4n) is 2.41. The number of pyridine rings is 1. The number of piperidine rings is 1. The lowest BCUT2D eigenvalue weighted by atomic mass is 9.96. The summed E-state index contributed by atoms with van der Waals surface area (Å²) in [5.41, 5.74) is 11.8. The van der Waals surface area contributed by atoms with E-state index in [1.54, 1.807) is 18.3 Å². The molecular formula is C12H18N4O. The van der Waals surface area contributed by atoms with Gasteiger partial charge in [-0.2, -0.15) is 0 Å². The Morgan fingerprint density at radius 1 is 1.53 bits per heavy atom. The summed E-state index contributed by atoms with van der Waals surface area (Å²) in [4.78, 5) is 17.7. The summed E-state index contributed by atoms with van der Waals surface area (Å²) >= 11 is 0. The first-order valence-electron chi connectivity index (χ1n) is 5.83. The Bertz CT molecular complexity index is 411. The van der Waals surface area contributed by atoms with Gasteiger partial charge in [0.1, 0.15) is 5.82 Å². The van der Waals surface area contributed by atoms with Crippen LogP contribution in [0.1, 0.15) is 23.7 Å². The Balaban J connectivity index is 2.30. The number of nitrogens with zero attached hydrogens (tertiary/aromatic N) is 2. The van der Waals surface area contributed by atoms with Crippen molar-refractivity contribution in [1.82, 2.24) is 4.98 Å². The molecule has 0 aliphatic carbocycles. The van der Waals surface area contributed by atoms with Crippen LogP contribution in [0.5, 0.6) is 0 Å². The largest absolute Gasteiger partial charge is 0.365 e. The molecule has 17 heavy (non-hydrogen) atoms. The summed E-state index contributed by atoms with van der Waals surface area (Å²) in [6.07, 6.45) is 2.68. The SMILES string of the molecule is CC1CC(N)CN(c2ncccc2C(N)=O)C1. The van der Waals surface area contributed by atoms with Gasteiger partial charge in [0.15, 0.2) is 0 Å². The van der Waals surface area contributed by atoms with E-state index >= 15 is 0 Å². The van der Waals surface area contributed by atoms with E-state index in [4.69, 9.17) is 11.5 Å². The van der Waals surface area contributed by atoms with Crippen molar-refractivity contribution >= 4 is 11.7 Å². The van der Waals surface area contributed by atoms with E-state index in [1.807, 2.05) is 0 Å². The topological polar surface area (TPSA) is 85.2 Å². The third-order valence-electron chi connectivity index (χ3n) is 3.04. The zero-order chi connectivity index (χ0) is 12.4. The summed E-state index contributed by atoms with van der Waals surface area (Å²) in [5.74, 6) is 0.711. The third kappa shape index (κ3) is 2.55. The molecule has 5 heteroatoms. The summed E-state index contributed by atoms with van der Waals surface area (Å²) in [6.45, 7) is 3.74. The maximum absolute atomic E-state index is 11.4. The van der Waals surface area contributed by atoms with Gasteiger partial charge in [-0.05, 0) is 24.5 Å². The van der Waals surface area contributed by atoms with Crippen molar-refractivity contribution in [3.8, 4) is 0 Å². The number of amides is 1. The van der Waals surface area contributed by atoms with Gasteiger partial charge in [-0.1, -0.05) is 6.92 Å². The molecule has 0 bridgehead atoms. The number of anilines is 1. The summed E-state index contributed by atoms with van der Waals surface area (Å²) < 4.78 is 0. The second-order valence-electron chi connectivity index (χ2n) is 4.74. The van der Waals surface area contributed by atoms with Gasteiger partial charge in [0.2, 0.25) is 0 Å². The number of rotatable bonds is 2. The zero-order valence-electron chi connectivity index (χ0n) is 9.97. The smallest absolute Gasteiger partial charge is 0.252 e. The maximum Gasteiger partial charge on any atom is 0.252 e. The highest BCUT2D eigenvalue weighted by atomic mass is 16.1. The molecule has 2 heterocycles. The lowest BCUT2D eigenvalue weighted by molar-refractivity contribution is 0.1000. The van der Waals surface area contributed by atoms with Gasteiger partial charge in [-0.15, -0.1) is 0 Å². The molecule has 0 aromatic carbocycles. The minimum atomic E-state index is -0.445. The van der Waals surface area contributed by atoms with Gasteiger partial charge in [0.25, 0.3) is 5.91 Å². The molecule has 92 valence electrons. The van der Waals surface area contributed by atoms with Gasteiger partial charge in [0.05, 0.1) is 5.56 Å². The fraction of sp³-hybridized carbons (Fsp3) is 0.500. The molecule has 0 spiro atoms. The van der Waals surface area contributed by atoms with Crippen LogP contribution in [0, 0.1) is 5.92 Å². The van der Waals surface area contributed by atoms with Crippen LogP contribution in [0.25, 0.3) is 0 Å². The van der Waals surface area contributed by atoms with Crippen LogP contribution in [0.15, 0.2) is 18.3 Å². The van der Waals surface area contributed by atoms with Gasteiger partial charge in [-0.3, -0.25) is 4.79 Å². The monoisotopic (exact) mass is 234 g/mol. The van der Waals surface area contributed by atoms with Crippen LogP contribution in [-0.4, -0.2) is 30.0 Å². The van der Waals surface area contributed by atoms with Gasteiger partial charge in [0, 0.05) is 25.3 Å². The summed E-state index contributed by atoms with van der Waals surface area (Å²) in [7, 11) is 0. The Labute approximate surface area is 101 Å². The number of carbonyl (C=O) groups excluding carboxylic acids is 1. The minimum absolute atomic E-state index is 0.126. The summed E-state index contributed by atoms with van der Waals surface area (Å²) in [6, 6.07) is 3.55. The minimum Gasteiger partial charge on any atom is -0.365 e. The van der Waals surface area contributed by atoms with Crippen LogP contribution in [-0.2, 0) is 0 Å². The van der Waals surface area contributed by atoms with Gasteiger partial charge < -0.3 is 16.4 Å². The molecule has 4 N–H and O–H groups in total. The van der Waals surface area contributed by atoms with E-state index in [0.717, 1.165) is 19.5 Å². The first-order valence-corrected chi connectivity index (χ1v) is 5.83. The molecular weight excluding hydrogens is 216 g/mol. The highest BCUT2D eigenvalue weighted by molar-refractivity contribution is 5.97. The van der Waals surface area contributed by atoms with Gasteiger partial charge in [-0.25, -0.2) is 4.98 Å². The molecule has 0 radical (unpaired) electrons.